The van der Waals surface area contributed by atoms with Crippen LogP contribution >= 0.6 is 0 Å². The standard InChI is InChI=1S/C29H40FN3O4Si/c1-28(2,3)36-27(34)33(7)26-15-11-21(18-31-26)25-13-10-20-16-22(12-14-24(20)32-25)35-19-23(17-30)37-38(8,9)29(4,5)6/h10-16,18,23H,17,19H2,1-9H3. The molecule has 1 atom stereocenters. The predicted molar refractivity (Wildman–Crippen MR) is 153 cm³/mol. The molecule has 0 N–H and O–H groups in total. The van der Waals surface area contributed by atoms with Crippen LogP contribution in [0.15, 0.2) is 48.7 Å². The maximum absolute atomic E-state index is 13.7. The van der Waals surface area contributed by atoms with Crippen LogP contribution in [0.4, 0.5) is 15.0 Å². The van der Waals surface area contributed by atoms with Crippen molar-refractivity contribution in [2.45, 2.75) is 71.4 Å². The van der Waals surface area contributed by atoms with Gasteiger partial charge in [0.05, 0.1) is 11.2 Å². The highest BCUT2D eigenvalue weighted by atomic mass is 28.4. The van der Waals surface area contributed by atoms with E-state index in [1.807, 2.05) is 57.2 Å². The van der Waals surface area contributed by atoms with Crippen LogP contribution in [0.1, 0.15) is 41.5 Å². The van der Waals surface area contributed by atoms with Gasteiger partial charge in [0.2, 0.25) is 0 Å². The fourth-order valence-electron chi connectivity index (χ4n) is 3.41. The molecular formula is C29H40FN3O4Si. The Morgan fingerprint density at radius 2 is 1.76 bits per heavy atom. The molecule has 3 aromatic rings. The van der Waals surface area contributed by atoms with E-state index in [4.69, 9.17) is 18.9 Å². The second-order valence-corrected chi connectivity index (χ2v) is 16.7. The summed E-state index contributed by atoms with van der Waals surface area (Å²) in [6, 6.07) is 13.1. The Hall–Kier alpha value is -3.04. The number of anilines is 1. The first kappa shape index (κ1) is 29.5. The molecule has 1 aromatic carbocycles. The van der Waals surface area contributed by atoms with E-state index in [1.54, 1.807) is 19.3 Å². The Labute approximate surface area is 226 Å². The Balaban J connectivity index is 1.69. The van der Waals surface area contributed by atoms with E-state index in [0.29, 0.717) is 11.6 Å². The van der Waals surface area contributed by atoms with Crippen LogP contribution in [0.2, 0.25) is 18.1 Å². The van der Waals surface area contributed by atoms with Crippen molar-refractivity contribution in [2.75, 3.05) is 25.2 Å². The molecule has 0 radical (unpaired) electrons. The maximum Gasteiger partial charge on any atom is 0.415 e. The maximum atomic E-state index is 13.7. The van der Waals surface area contributed by atoms with E-state index in [9.17, 15) is 9.18 Å². The lowest BCUT2D eigenvalue weighted by Crippen LogP contribution is -2.46. The summed E-state index contributed by atoms with van der Waals surface area (Å²) in [5.41, 5.74) is 1.79. The lowest BCUT2D eigenvalue weighted by Gasteiger charge is -2.38. The minimum Gasteiger partial charge on any atom is -0.491 e. The number of ether oxygens (including phenoxy) is 2. The molecule has 0 spiro atoms. The topological polar surface area (TPSA) is 73.8 Å². The smallest absolute Gasteiger partial charge is 0.415 e. The molecule has 2 aromatic heterocycles. The second-order valence-electron chi connectivity index (χ2n) is 12.0. The molecule has 0 saturated heterocycles. The van der Waals surface area contributed by atoms with Crippen molar-refractivity contribution in [3.05, 3.63) is 48.7 Å². The molecule has 0 aliphatic heterocycles. The van der Waals surface area contributed by atoms with Gasteiger partial charge in [-0.05, 0) is 75.3 Å². The van der Waals surface area contributed by atoms with Crippen molar-refractivity contribution >= 4 is 31.1 Å². The number of hydrogen-bond donors (Lipinski definition) is 0. The molecule has 1 amide bonds. The molecule has 0 aliphatic carbocycles. The zero-order chi connectivity index (χ0) is 28.3. The number of aromatic nitrogens is 2. The van der Waals surface area contributed by atoms with Crippen LogP contribution in [0.3, 0.4) is 0 Å². The number of fused-ring (bicyclic) bond motifs is 1. The number of amides is 1. The van der Waals surface area contributed by atoms with Gasteiger partial charge >= 0.3 is 6.09 Å². The van der Waals surface area contributed by atoms with Gasteiger partial charge in [0.15, 0.2) is 8.32 Å². The first-order chi connectivity index (χ1) is 17.6. The normalized spacial score (nSPS) is 13.3. The van der Waals surface area contributed by atoms with Gasteiger partial charge in [-0.15, -0.1) is 0 Å². The van der Waals surface area contributed by atoms with Crippen LogP contribution in [-0.4, -0.2) is 56.4 Å². The summed E-state index contributed by atoms with van der Waals surface area (Å²) >= 11 is 0. The van der Waals surface area contributed by atoms with E-state index in [1.165, 1.54) is 4.90 Å². The van der Waals surface area contributed by atoms with Gasteiger partial charge < -0.3 is 13.9 Å². The molecule has 0 saturated carbocycles. The molecule has 38 heavy (non-hydrogen) atoms. The first-order valence-electron chi connectivity index (χ1n) is 12.8. The van der Waals surface area contributed by atoms with Crippen LogP contribution < -0.4 is 9.64 Å². The molecule has 0 aliphatic rings. The van der Waals surface area contributed by atoms with Gasteiger partial charge in [-0.3, -0.25) is 4.90 Å². The number of halogens is 1. The van der Waals surface area contributed by atoms with Crippen molar-refractivity contribution in [1.29, 1.82) is 0 Å². The van der Waals surface area contributed by atoms with Crippen molar-refractivity contribution in [3.63, 3.8) is 0 Å². The van der Waals surface area contributed by atoms with Crippen molar-refractivity contribution in [1.82, 2.24) is 9.97 Å². The summed E-state index contributed by atoms with van der Waals surface area (Å²) in [5, 5.41) is 0.902. The number of hydrogen-bond acceptors (Lipinski definition) is 6. The quantitative estimate of drug-likeness (QED) is 0.277. The van der Waals surface area contributed by atoms with Gasteiger partial charge in [0.1, 0.15) is 36.6 Å². The number of carbonyl (C=O) groups excluding carboxylic acids is 1. The number of benzene rings is 1. The minimum absolute atomic E-state index is 0.00337. The van der Waals surface area contributed by atoms with Gasteiger partial charge in [0.25, 0.3) is 0 Å². The zero-order valence-electron chi connectivity index (χ0n) is 24.0. The van der Waals surface area contributed by atoms with Crippen molar-refractivity contribution in [3.8, 4) is 17.0 Å². The van der Waals surface area contributed by atoms with E-state index in [-0.39, 0.29) is 11.6 Å². The number of alkyl halides is 1. The highest BCUT2D eigenvalue weighted by Gasteiger charge is 2.39. The molecule has 7 nitrogen and oxygen atoms in total. The Morgan fingerprint density at radius 1 is 1.05 bits per heavy atom. The molecule has 0 fully saturated rings. The van der Waals surface area contributed by atoms with Crippen molar-refractivity contribution < 1.29 is 23.1 Å². The summed E-state index contributed by atoms with van der Waals surface area (Å²) in [5.74, 6) is 1.12. The van der Waals surface area contributed by atoms with Gasteiger partial charge in [-0.25, -0.2) is 19.2 Å². The highest BCUT2D eigenvalue weighted by Crippen LogP contribution is 2.37. The second kappa shape index (κ2) is 11.4. The van der Waals surface area contributed by atoms with E-state index >= 15 is 0 Å². The van der Waals surface area contributed by atoms with Crippen molar-refractivity contribution in [2.24, 2.45) is 0 Å². The summed E-state index contributed by atoms with van der Waals surface area (Å²) in [6.07, 6.45) is 0.613. The lowest BCUT2D eigenvalue weighted by atomic mass is 10.1. The van der Waals surface area contributed by atoms with Crippen LogP contribution in [0, 0.1) is 0 Å². The number of carbonyl (C=O) groups is 1. The molecule has 206 valence electrons. The largest absolute Gasteiger partial charge is 0.491 e. The Kier molecular flexibility index (Phi) is 8.83. The monoisotopic (exact) mass is 541 g/mol. The summed E-state index contributed by atoms with van der Waals surface area (Å²) in [4.78, 5) is 22.8. The minimum atomic E-state index is -2.10. The fraction of sp³-hybridized carbons (Fsp3) is 0.483. The number of nitrogens with zero attached hydrogens (tertiary/aromatic N) is 3. The molecule has 3 rings (SSSR count). The van der Waals surface area contributed by atoms with Crippen LogP contribution in [0.25, 0.3) is 22.2 Å². The average Bonchev–Trinajstić information content (AvgIpc) is 2.84. The van der Waals surface area contributed by atoms with Crippen LogP contribution in [0.5, 0.6) is 5.75 Å². The summed E-state index contributed by atoms with van der Waals surface area (Å²) in [6.45, 7) is 15.6. The predicted octanol–water partition coefficient (Wildman–Crippen LogP) is 7.41. The molecule has 9 heteroatoms. The van der Waals surface area contributed by atoms with Gasteiger partial charge in [0, 0.05) is 24.2 Å². The molecular weight excluding hydrogens is 501 g/mol. The van der Waals surface area contributed by atoms with Gasteiger partial charge in [-0.1, -0.05) is 26.8 Å². The third kappa shape index (κ3) is 7.51. The molecule has 0 bridgehead atoms. The number of rotatable bonds is 8. The third-order valence-corrected chi connectivity index (χ3v) is 11.1. The Morgan fingerprint density at radius 3 is 2.34 bits per heavy atom. The van der Waals surface area contributed by atoms with E-state index < -0.39 is 32.8 Å². The van der Waals surface area contributed by atoms with E-state index in [0.717, 1.165) is 22.2 Å². The van der Waals surface area contributed by atoms with Crippen LogP contribution in [-0.2, 0) is 9.16 Å². The molecule has 1 unspecified atom stereocenters. The lowest BCUT2D eigenvalue weighted by molar-refractivity contribution is 0.0588. The van der Waals surface area contributed by atoms with E-state index in [2.05, 4.69) is 38.8 Å². The van der Waals surface area contributed by atoms with Gasteiger partial charge in [-0.2, -0.15) is 0 Å². The SMILES string of the molecule is CN(C(=O)OC(C)(C)C)c1ccc(-c2ccc3cc(OCC(CF)O[Si](C)(C)C(C)(C)C)ccc3n2)cn1. The Bertz CT molecular complexity index is 1250. The average molecular weight is 542 g/mol. The zero-order valence-corrected chi connectivity index (χ0v) is 25.0. The first-order valence-corrected chi connectivity index (χ1v) is 15.7. The highest BCUT2D eigenvalue weighted by molar-refractivity contribution is 6.74. The third-order valence-electron chi connectivity index (χ3n) is 6.59. The fourth-order valence-corrected chi connectivity index (χ4v) is 4.72. The molecule has 2 heterocycles. The summed E-state index contributed by atoms with van der Waals surface area (Å²) in [7, 11) is -0.471. The number of pyridine rings is 2. The summed E-state index contributed by atoms with van der Waals surface area (Å²) < 4.78 is 31.2.